The monoisotopic (exact) mass is 243 g/mol. The Morgan fingerprint density at radius 3 is 2.53 bits per heavy atom. The van der Waals surface area contributed by atoms with Crippen LogP contribution in [0.2, 0.25) is 5.02 Å². The molecule has 0 aliphatic heterocycles. The van der Waals surface area contributed by atoms with Gasteiger partial charge in [0.15, 0.2) is 0 Å². The summed E-state index contributed by atoms with van der Waals surface area (Å²) >= 11 is 7.87. The Balaban J connectivity index is 2.96. The van der Waals surface area contributed by atoms with E-state index >= 15 is 0 Å². The maximum absolute atomic E-state index is 6.01. The fourth-order valence-corrected chi connectivity index (χ4v) is 2.64. The van der Waals surface area contributed by atoms with E-state index < -0.39 is 0 Å². The highest BCUT2D eigenvalue weighted by Gasteiger charge is 2.14. The van der Waals surface area contributed by atoms with Gasteiger partial charge in [-0.05, 0) is 24.7 Å². The lowest BCUT2D eigenvalue weighted by molar-refractivity contribution is 0.786. The number of rotatable bonds is 3. The van der Waals surface area contributed by atoms with Crippen molar-refractivity contribution in [3.8, 4) is 0 Å². The van der Waals surface area contributed by atoms with E-state index in [2.05, 4.69) is 32.2 Å². The number of halogens is 1. The molecule has 0 aromatic heterocycles. The van der Waals surface area contributed by atoms with Crippen LogP contribution in [0.3, 0.4) is 0 Å². The second-order valence-electron chi connectivity index (χ2n) is 4.50. The third-order valence-electron chi connectivity index (χ3n) is 1.81. The van der Waals surface area contributed by atoms with E-state index in [0.717, 1.165) is 11.6 Å². The van der Waals surface area contributed by atoms with E-state index in [-0.39, 0.29) is 4.75 Å². The minimum absolute atomic E-state index is 0.215. The number of hydrogen-bond donors (Lipinski definition) is 1. The maximum atomic E-state index is 6.01. The van der Waals surface area contributed by atoms with Crippen LogP contribution in [0.15, 0.2) is 23.1 Å². The van der Waals surface area contributed by atoms with Gasteiger partial charge < -0.3 is 5.32 Å². The van der Waals surface area contributed by atoms with Gasteiger partial charge in [-0.1, -0.05) is 38.4 Å². The number of hydrogen-bond acceptors (Lipinski definition) is 2. The fraction of sp³-hybridized carbons (Fsp3) is 0.500. The highest BCUT2D eigenvalue weighted by atomic mass is 35.5. The Morgan fingerprint density at radius 2 is 2.00 bits per heavy atom. The van der Waals surface area contributed by atoms with Crippen molar-refractivity contribution >= 4 is 23.4 Å². The number of nitrogens with one attached hydrogen (secondary N) is 1. The van der Waals surface area contributed by atoms with Gasteiger partial charge in [0.05, 0.1) is 0 Å². The van der Waals surface area contributed by atoms with Gasteiger partial charge in [-0.2, -0.15) is 0 Å². The molecule has 1 aromatic rings. The molecule has 1 nitrogen and oxygen atoms in total. The number of thioether (sulfide) groups is 1. The lowest BCUT2D eigenvalue weighted by Crippen LogP contribution is -2.10. The highest BCUT2D eigenvalue weighted by Crippen LogP contribution is 2.35. The molecule has 0 saturated heterocycles. The van der Waals surface area contributed by atoms with Gasteiger partial charge in [0.25, 0.3) is 0 Å². The van der Waals surface area contributed by atoms with Gasteiger partial charge in [0.2, 0.25) is 0 Å². The van der Waals surface area contributed by atoms with Crippen molar-refractivity contribution in [1.82, 2.24) is 5.32 Å². The summed E-state index contributed by atoms with van der Waals surface area (Å²) in [4.78, 5) is 1.27. The molecule has 1 aromatic carbocycles. The Hall–Kier alpha value is -0.180. The van der Waals surface area contributed by atoms with Crippen LogP contribution in [-0.4, -0.2) is 11.8 Å². The zero-order valence-electron chi connectivity index (χ0n) is 9.73. The van der Waals surface area contributed by atoms with E-state index in [4.69, 9.17) is 11.6 Å². The van der Waals surface area contributed by atoms with Crippen molar-refractivity contribution in [2.24, 2.45) is 0 Å². The summed E-state index contributed by atoms with van der Waals surface area (Å²) in [5.41, 5.74) is 1.31. The quantitative estimate of drug-likeness (QED) is 0.807. The topological polar surface area (TPSA) is 12.0 Å². The average Bonchev–Trinajstić information content (AvgIpc) is 2.07. The second kappa shape index (κ2) is 5.24. The first-order valence-electron chi connectivity index (χ1n) is 5.04. The molecular weight excluding hydrogens is 226 g/mol. The molecule has 0 spiro atoms. The van der Waals surface area contributed by atoms with E-state index in [0.29, 0.717) is 0 Å². The van der Waals surface area contributed by atoms with Crippen LogP contribution in [0.5, 0.6) is 0 Å². The molecule has 0 fully saturated rings. The minimum atomic E-state index is 0.215. The first kappa shape index (κ1) is 12.9. The zero-order valence-corrected chi connectivity index (χ0v) is 11.3. The predicted molar refractivity (Wildman–Crippen MR) is 69.8 cm³/mol. The van der Waals surface area contributed by atoms with E-state index in [1.54, 1.807) is 0 Å². The maximum Gasteiger partial charge on any atom is 0.0417 e. The highest BCUT2D eigenvalue weighted by molar-refractivity contribution is 8.00. The molecule has 0 radical (unpaired) electrons. The molecule has 1 rings (SSSR count). The van der Waals surface area contributed by atoms with Crippen LogP contribution in [0.1, 0.15) is 26.3 Å². The summed E-state index contributed by atoms with van der Waals surface area (Å²) in [7, 11) is 1.96. The van der Waals surface area contributed by atoms with Crippen molar-refractivity contribution in [2.45, 2.75) is 37.0 Å². The summed E-state index contributed by atoms with van der Waals surface area (Å²) in [5, 5.41) is 3.98. The Kier molecular flexibility index (Phi) is 4.50. The van der Waals surface area contributed by atoms with Crippen LogP contribution < -0.4 is 5.32 Å². The first-order valence-corrected chi connectivity index (χ1v) is 6.24. The van der Waals surface area contributed by atoms with Gasteiger partial charge in [0.1, 0.15) is 0 Å². The predicted octanol–water partition coefficient (Wildman–Crippen LogP) is 3.95. The van der Waals surface area contributed by atoms with Gasteiger partial charge in [0, 0.05) is 21.2 Å². The average molecular weight is 244 g/mol. The first-order chi connectivity index (χ1) is 6.92. The Morgan fingerprint density at radius 1 is 1.33 bits per heavy atom. The van der Waals surface area contributed by atoms with Crippen LogP contribution in [0.25, 0.3) is 0 Å². The lowest BCUT2D eigenvalue weighted by Gasteiger charge is -2.20. The SMILES string of the molecule is CNCc1ccc(Cl)cc1SC(C)(C)C. The van der Waals surface area contributed by atoms with Gasteiger partial charge >= 0.3 is 0 Å². The molecular formula is C12H18ClNS. The fourth-order valence-electron chi connectivity index (χ4n) is 1.29. The smallest absolute Gasteiger partial charge is 0.0417 e. The Labute approximate surface area is 102 Å². The van der Waals surface area contributed by atoms with Gasteiger partial charge in [-0.25, -0.2) is 0 Å². The zero-order chi connectivity index (χ0) is 11.5. The standard InChI is InChI=1S/C12H18ClNS/c1-12(2,3)15-11-7-10(13)6-5-9(11)8-14-4/h5-7,14H,8H2,1-4H3. The summed E-state index contributed by atoms with van der Waals surface area (Å²) in [6, 6.07) is 6.08. The molecule has 0 atom stereocenters. The second-order valence-corrected chi connectivity index (χ2v) is 6.80. The Bertz CT molecular complexity index is 331. The molecule has 15 heavy (non-hydrogen) atoms. The van der Waals surface area contributed by atoms with Crippen LogP contribution >= 0.6 is 23.4 Å². The molecule has 0 saturated carbocycles. The number of benzene rings is 1. The van der Waals surface area contributed by atoms with E-state index in [1.807, 2.05) is 30.9 Å². The molecule has 3 heteroatoms. The minimum Gasteiger partial charge on any atom is -0.316 e. The molecule has 1 N–H and O–H groups in total. The normalized spacial score (nSPS) is 11.8. The molecule has 0 amide bonds. The van der Waals surface area contributed by atoms with Crippen LogP contribution in [0.4, 0.5) is 0 Å². The van der Waals surface area contributed by atoms with E-state index in [9.17, 15) is 0 Å². The van der Waals surface area contributed by atoms with Crippen LogP contribution in [0, 0.1) is 0 Å². The third-order valence-corrected chi connectivity index (χ3v) is 3.26. The largest absolute Gasteiger partial charge is 0.316 e. The lowest BCUT2D eigenvalue weighted by atomic mass is 10.2. The molecule has 0 unspecified atom stereocenters. The molecule has 0 aliphatic rings. The summed E-state index contributed by atoms with van der Waals surface area (Å²) in [5.74, 6) is 0. The van der Waals surface area contributed by atoms with E-state index in [1.165, 1.54) is 10.5 Å². The van der Waals surface area contributed by atoms with Crippen molar-refractivity contribution < 1.29 is 0 Å². The third kappa shape index (κ3) is 4.45. The van der Waals surface area contributed by atoms with Crippen molar-refractivity contribution in [3.63, 3.8) is 0 Å². The van der Waals surface area contributed by atoms with Crippen LogP contribution in [-0.2, 0) is 6.54 Å². The summed E-state index contributed by atoms with van der Waals surface area (Å²) < 4.78 is 0.215. The van der Waals surface area contributed by atoms with Crippen molar-refractivity contribution in [2.75, 3.05) is 7.05 Å². The summed E-state index contributed by atoms with van der Waals surface area (Å²) in [6.07, 6.45) is 0. The van der Waals surface area contributed by atoms with Gasteiger partial charge in [-0.15, -0.1) is 11.8 Å². The van der Waals surface area contributed by atoms with Gasteiger partial charge in [-0.3, -0.25) is 0 Å². The summed E-state index contributed by atoms with van der Waals surface area (Å²) in [6.45, 7) is 7.51. The molecule has 84 valence electrons. The van der Waals surface area contributed by atoms with Crippen molar-refractivity contribution in [3.05, 3.63) is 28.8 Å². The van der Waals surface area contributed by atoms with Crippen molar-refractivity contribution in [1.29, 1.82) is 0 Å². The molecule has 0 bridgehead atoms. The molecule has 0 aliphatic carbocycles. The molecule has 0 heterocycles.